The topological polar surface area (TPSA) is 153 Å². The summed E-state index contributed by atoms with van der Waals surface area (Å²) in [6.45, 7) is 8.88. The average molecular weight is 567 g/mol. The summed E-state index contributed by atoms with van der Waals surface area (Å²) in [7, 11) is -4.14. The quantitative estimate of drug-likeness (QED) is 0.236. The maximum atomic E-state index is 13.5. The maximum Gasteiger partial charge on any atom is 0.356 e. The molecule has 0 saturated carbocycles. The summed E-state index contributed by atoms with van der Waals surface area (Å²) in [5.41, 5.74) is 2.53. The molecule has 3 N–H and O–H groups in total. The number of carboxylic acids is 1. The Morgan fingerprint density at radius 3 is 2.50 bits per heavy atom. The molecule has 12 heteroatoms. The molecule has 4 rings (SSSR count). The lowest BCUT2D eigenvalue weighted by atomic mass is 10.1. The Morgan fingerprint density at radius 1 is 1.10 bits per heavy atom. The fourth-order valence-corrected chi connectivity index (χ4v) is 5.41. The Kier molecular flexibility index (Phi) is 8.12. The van der Waals surface area contributed by atoms with Crippen molar-refractivity contribution in [2.75, 3.05) is 5.32 Å². The molecule has 1 atom stereocenters. The van der Waals surface area contributed by atoms with Gasteiger partial charge < -0.3 is 19.6 Å². The average Bonchev–Trinajstić information content (AvgIpc) is 3.55. The van der Waals surface area contributed by atoms with Gasteiger partial charge in [0.15, 0.2) is 11.5 Å². The highest BCUT2D eigenvalue weighted by molar-refractivity contribution is 7.89. The molecule has 0 bridgehead atoms. The van der Waals surface area contributed by atoms with Crippen molar-refractivity contribution >= 4 is 27.6 Å². The summed E-state index contributed by atoms with van der Waals surface area (Å²) in [4.78, 5) is 24.2. The van der Waals surface area contributed by atoms with Gasteiger partial charge in [-0.15, -0.1) is 0 Å². The van der Waals surface area contributed by atoms with Crippen LogP contribution in [-0.2, 0) is 10.0 Å². The third-order valence-corrected chi connectivity index (χ3v) is 8.10. The van der Waals surface area contributed by atoms with Gasteiger partial charge in [-0.1, -0.05) is 19.1 Å². The van der Waals surface area contributed by atoms with E-state index in [1.54, 1.807) is 25.1 Å². The number of hydrogen-bond donors (Lipinski definition) is 3. The molecule has 0 unspecified atom stereocenters. The van der Waals surface area contributed by atoms with Crippen LogP contribution < -0.4 is 14.8 Å². The summed E-state index contributed by atoms with van der Waals surface area (Å²) in [6, 6.07) is 12.3. The molecule has 0 aliphatic heterocycles. The molecule has 0 aliphatic carbocycles. The van der Waals surface area contributed by atoms with E-state index in [2.05, 4.69) is 15.1 Å². The van der Waals surface area contributed by atoms with Gasteiger partial charge in [0.05, 0.1) is 12.0 Å². The fourth-order valence-electron chi connectivity index (χ4n) is 3.93. The minimum Gasteiger partial charge on any atom is -0.476 e. The second kappa shape index (κ2) is 11.4. The van der Waals surface area contributed by atoms with Gasteiger partial charge in [0.1, 0.15) is 10.6 Å². The van der Waals surface area contributed by atoms with Gasteiger partial charge in [-0.3, -0.25) is 4.79 Å². The number of ether oxygens (including phenoxy) is 1. The van der Waals surface area contributed by atoms with Crippen LogP contribution in [-0.4, -0.2) is 41.2 Å². The van der Waals surface area contributed by atoms with Crippen LogP contribution in [0.15, 0.2) is 64.1 Å². The molecule has 4 aromatic rings. The lowest BCUT2D eigenvalue weighted by molar-refractivity contribution is 0.0689. The summed E-state index contributed by atoms with van der Waals surface area (Å²) < 4.78 is 42.2. The van der Waals surface area contributed by atoms with Gasteiger partial charge in [-0.25, -0.2) is 17.9 Å². The SMILES string of the molecule is CC[C@@H](C)NS(=O)(=O)c1cc(NC(=O)c2ccco2)ccc1Oc1c(C)c(C(=O)O)nn1-c1cccc(C)c1C. The number of aromatic carboxylic acids is 1. The number of anilines is 1. The Balaban J connectivity index is 1.85. The summed E-state index contributed by atoms with van der Waals surface area (Å²) in [5, 5.41) is 16.7. The van der Waals surface area contributed by atoms with Crippen molar-refractivity contribution in [2.24, 2.45) is 0 Å². The third-order valence-electron chi connectivity index (χ3n) is 6.49. The van der Waals surface area contributed by atoms with Crippen molar-refractivity contribution in [3.63, 3.8) is 0 Å². The van der Waals surface area contributed by atoms with E-state index >= 15 is 0 Å². The minimum atomic E-state index is -4.14. The highest BCUT2D eigenvalue weighted by atomic mass is 32.2. The Labute approximate surface area is 231 Å². The molecule has 0 spiro atoms. The van der Waals surface area contributed by atoms with E-state index in [1.807, 2.05) is 26.8 Å². The molecule has 0 radical (unpaired) electrons. The molecule has 1 amide bonds. The summed E-state index contributed by atoms with van der Waals surface area (Å²) >= 11 is 0. The van der Waals surface area contributed by atoms with Crippen molar-refractivity contribution < 1.29 is 32.3 Å². The molecule has 210 valence electrons. The minimum absolute atomic E-state index is 0.0402. The number of carbonyl (C=O) groups excluding carboxylic acids is 1. The number of aryl methyl sites for hydroxylation is 1. The predicted octanol–water partition coefficient (Wildman–Crippen LogP) is 5.21. The number of nitrogens with one attached hydrogen (secondary N) is 2. The van der Waals surface area contributed by atoms with E-state index < -0.39 is 21.9 Å². The van der Waals surface area contributed by atoms with Gasteiger partial charge in [-0.2, -0.15) is 9.78 Å². The molecule has 0 aliphatic rings. The molecule has 2 aromatic carbocycles. The van der Waals surface area contributed by atoms with E-state index in [1.165, 1.54) is 42.1 Å². The van der Waals surface area contributed by atoms with Crippen LogP contribution in [0.25, 0.3) is 5.69 Å². The fraction of sp³-hybridized carbons (Fsp3) is 0.250. The number of sulfonamides is 1. The van der Waals surface area contributed by atoms with Gasteiger partial charge in [0.25, 0.3) is 5.91 Å². The van der Waals surface area contributed by atoms with Gasteiger partial charge in [-0.05, 0) is 81.6 Å². The van der Waals surface area contributed by atoms with E-state index in [0.29, 0.717) is 12.1 Å². The van der Waals surface area contributed by atoms with Crippen molar-refractivity contribution in [2.45, 2.75) is 52.0 Å². The monoisotopic (exact) mass is 566 g/mol. The van der Waals surface area contributed by atoms with E-state index in [4.69, 9.17) is 9.15 Å². The highest BCUT2D eigenvalue weighted by Crippen LogP contribution is 2.36. The van der Waals surface area contributed by atoms with Gasteiger partial charge in [0, 0.05) is 17.3 Å². The van der Waals surface area contributed by atoms with Crippen LogP contribution in [0.5, 0.6) is 11.6 Å². The first-order chi connectivity index (χ1) is 18.9. The number of hydrogen-bond acceptors (Lipinski definition) is 7. The van der Waals surface area contributed by atoms with Crippen molar-refractivity contribution in [1.82, 2.24) is 14.5 Å². The van der Waals surface area contributed by atoms with Crippen molar-refractivity contribution in [3.05, 3.63) is 82.9 Å². The number of furan rings is 1. The molecule has 2 heterocycles. The number of nitrogens with zero attached hydrogens (tertiary/aromatic N) is 2. The Bertz CT molecular complexity index is 1670. The molecule has 11 nitrogen and oxygen atoms in total. The maximum absolute atomic E-state index is 13.5. The number of amides is 1. The molecular formula is C28H30N4O7S. The first-order valence-corrected chi connectivity index (χ1v) is 14.0. The van der Waals surface area contributed by atoms with Gasteiger partial charge in [0.2, 0.25) is 15.9 Å². The standard InChI is InChI=1S/C28H30N4O7S/c1-6-17(3)31-40(36,37)24-15-20(29-26(33)23-11-8-14-38-23)12-13-22(24)39-27-19(5)25(28(34)35)30-32(27)21-10-7-9-16(2)18(21)4/h7-15,17,31H,6H2,1-5H3,(H,29,33)(H,34,35)/t17-/m1/s1. The lowest BCUT2D eigenvalue weighted by Crippen LogP contribution is -2.32. The number of carboxylic acid groups (broad SMARTS) is 1. The molecular weight excluding hydrogens is 536 g/mol. The van der Waals surface area contributed by atoms with Gasteiger partial charge >= 0.3 is 5.97 Å². The first-order valence-electron chi connectivity index (χ1n) is 12.5. The summed E-state index contributed by atoms with van der Waals surface area (Å²) in [5.74, 6) is -1.81. The van der Waals surface area contributed by atoms with E-state index in [9.17, 15) is 23.1 Å². The van der Waals surface area contributed by atoms with Crippen molar-refractivity contribution in [3.8, 4) is 17.3 Å². The first kappa shape index (κ1) is 28.6. The zero-order chi connectivity index (χ0) is 29.2. The third kappa shape index (κ3) is 5.77. The van der Waals surface area contributed by atoms with Crippen LogP contribution in [0.4, 0.5) is 5.69 Å². The smallest absolute Gasteiger partial charge is 0.356 e. The van der Waals surface area contributed by atoms with Crippen molar-refractivity contribution in [1.29, 1.82) is 0 Å². The second-order valence-electron chi connectivity index (χ2n) is 9.34. The Hall–Kier alpha value is -4.42. The van der Waals surface area contributed by atoms with Crippen LogP contribution >= 0.6 is 0 Å². The zero-order valence-corrected chi connectivity index (χ0v) is 23.5. The normalized spacial score (nSPS) is 12.2. The van der Waals surface area contributed by atoms with E-state index in [-0.39, 0.29) is 45.3 Å². The number of aromatic nitrogens is 2. The number of rotatable bonds is 10. The van der Waals surface area contributed by atoms with Crippen LogP contribution in [0.2, 0.25) is 0 Å². The zero-order valence-electron chi connectivity index (χ0n) is 22.7. The molecule has 2 aromatic heterocycles. The molecule has 40 heavy (non-hydrogen) atoms. The van der Waals surface area contributed by atoms with Crippen LogP contribution in [0, 0.1) is 20.8 Å². The van der Waals surface area contributed by atoms with Crippen LogP contribution in [0.3, 0.4) is 0 Å². The summed E-state index contributed by atoms with van der Waals surface area (Å²) in [6.07, 6.45) is 1.88. The number of benzene rings is 2. The molecule has 0 saturated heterocycles. The molecule has 0 fully saturated rings. The van der Waals surface area contributed by atoms with E-state index in [0.717, 1.165) is 11.1 Å². The largest absolute Gasteiger partial charge is 0.476 e. The lowest BCUT2D eigenvalue weighted by Gasteiger charge is -2.18. The van der Waals surface area contributed by atoms with Crippen LogP contribution in [0.1, 0.15) is 58.0 Å². The number of carbonyl (C=O) groups is 2. The Morgan fingerprint density at radius 2 is 1.85 bits per heavy atom. The highest BCUT2D eigenvalue weighted by Gasteiger charge is 2.28. The second-order valence-corrected chi connectivity index (χ2v) is 11.0. The predicted molar refractivity (Wildman–Crippen MR) is 148 cm³/mol.